The highest BCUT2D eigenvalue weighted by molar-refractivity contribution is 9.10. The first-order valence-corrected chi connectivity index (χ1v) is 3.11. The third kappa shape index (κ3) is 1.71. The van der Waals surface area contributed by atoms with Gasteiger partial charge in [0.1, 0.15) is 4.47 Å². The molecule has 1 rings (SSSR count). The summed E-state index contributed by atoms with van der Waals surface area (Å²) in [6.07, 6.45) is 0. The highest BCUT2D eigenvalue weighted by Gasteiger charge is 2.05. The first-order valence-electron chi connectivity index (χ1n) is 2.31. The summed E-state index contributed by atoms with van der Waals surface area (Å²) < 4.78 is 5.01. The second-order valence-corrected chi connectivity index (χ2v) is 2.27. The van der Waals surface area contributed by atoms with Crippen LogP contribution in [0.3, 0.4) is 0 Å². The Hall–Kier alpha value is -0.0700. The summed E-state index contributed by atoms with van der Waals surface area (Å²) in [4.78, 5) is 10.5. The van der Waals surface area contributed by atoms with Crippen LogP contribution in [0, 0.1) is 0 Å². The molecule has 1 aromatic rings. The normalized spacial score (nSPS) is 9.00. The lowest BCUT2D eigenvalue weighted by Gasteiger charge is -1.82. The van der Waals surface area contributed by atoms with Gasteiger partial charge in [-0.05, 0) is 15.9 Å². The Labute approximate surface area is 75.6 Å². The molecule has 6 heteroatoms. The van der Waals surface area contributed by atoms with Crippen molar-refractivity contribution in [3.63, 3.8) is 0 Å². The van der Waals surface area contributed by atoms with Gasteiger partial charge < -0.3 is 10.3 Å². The van der Waals surface area contributed by atoms with Crippen LogP contribution in [0.5, 0.6) is 0 Å². The summed E-state index contributed by atoms with van der Waals surface area (Å²) in [5.74, 6) is 0.444. The minimum atomic E-state index is -0.282. The van der Waals surface area contributed by atoms with Crippen LogP contribution in [0.4, 0.5) is 0 Å². The fourth-order valence-electron chi connectivity index (χ4n) is 0.455. The van der Waals surface area contributed by atoms with E-state index in [-0.39, 0.29) is 29.1 Å². The van der Waals surface area contributed by atoms with Crippen molar-refractivity contribution in [1.82, 2.24) is 5.16 Å². The zero-order chi connectivity index (χ0) is 6.85. The minimum absolute atomic E-state index is 0. The highest BCUT2D eigenvalue weighted by atomic mass is 79.9. The van der Waals surface area contributed by atoms with Crippen LogP contribution in [0.15, 0.2) is 13.8 Å². The maximum Gasteiger partial charge on any atom is 0.294 e. The summed E-state index contributed by atoms with van der Waals surface area (Å²) in [5.41, 5.74) is 4.90. The average molecular weight is 274 g/mol. The summed E-state index contributed by atoms with van der Waals surface area (Å²) in [6.45, 7) is 0.222. The third-order valence-corrected chi connectivity index (χ3v) is 1.70. The Morgan fingerprint density at radius 2 is 2.30 bits per heavy atom. The zero-order valence-electron chi connectivity index (χ0n) is 4.89. The fraction of sp³-hybridized carbons (Fsp3) is 0.250. The molecule has 1 aromatic heterocycles. The van der Waals surface area contributed by atoms with E-state index < -0.39 is 0 Å². The SMILES string of the molecule is Br.NCc1o[nH]c(=O)c1Br. The van der Waals surface area contributed by atoms with Gasteiger partial charge in [-0.25, -0.2) is 0 Å². The molecule has 0 saturated carbocycles. The fourth-order valence-corrected chi connectivity index (χ4v) is 0.779. The predicted molar refractivity (Wildman–Crippen MR) is 45.2 cm³/mol. The van der Waals surface area contributed by atoms with Crippen LogP contribution in [0.25, 0.3) is 0 Å². The van der Waals surface area contributed by atoms with E-state index in [2.05, 4.69) is 25.6 Å². The molecule has 4 nitrogen and oxygen atoms in total. The van der Waals surface area contributed by atoms with Gasteiger partial charge in [-0.1, -0.05) is 0 Å². The Kier molecular flexibility index (Phi) is 3.92. The van der Waals surface area contributed by atoms with Crippen LogP contribution < -0.4 is 11.3 Å². The van der Waals surface area contributed by atoms with Crippen LogP contribution in [-0.2, 0) is 6.54 Å². The monoisotopic (exact) mass is 272 g/mol. The molecule has 0 fully saturated rings. The van der Waals surface area contributed by atoms with E-state index in [0.717, 1.165) is 0 Å². The summed E-state index contributed by atoms with van der Waals surface area (Å²) in [7, 11) is 0. The number of hydrogen-bond donors (Lipinski definition) is 2. The van der Waals surface area contributed by atoms with Gasteiger partial charge in [0.2, 0.25) is 0 Å². The van der Waals surface area contributed by atoms with Gasteiger partial charge in [-0.15, -0.1) is 17.0 Å². The largest absolute Gasteiger partial charge is 0.381 e. The van der Waals surface area contributed by atoms with Crippen molar-refractivity contribution in [2.24, 2.45) is 5.73 Å². The van der Waals surface area contributed by atoms with Gasteiger partial charge in [0.05, 0.1) is 6.54 Å². The molecule has 0 aliphatic carbocycles. The third-order valence-electron chi connectivity index (χ3n) is 0.896. The Bertz CT molecular complexity index is 254. The van der Waals surface area contributed by atoms with Gasteiger partial charge in [0.25, 0.3) is 5.56 Å². The van der Waals surface area contributed by atoms with Crippen LogP contribution >= 0.6 is 32.9 Å². The summed E-state index contributed by atoms with van der Waals surface area (Å²) >= 11 is 2.99. The number of nitrogens with one attached hydrogen (secondary N) is 1. The second kappa shape index (κ2) is 3.95. The average Bonchev–Trinajstić information content (AvgIpc) is 2.15. The van der Waals surface area contributed by atoms with Crippen molar-refractivity contribution < 1.29 is 4.52 Å². The lowest BCUT2D eigenvalue weighted by Crippen LogP contribution is -2.00. The first kappa shape index (κ1) is 9.93. The number of rotatable bonds is 1. The number of aromatic amines is 1. The maximum atomic E-state index is 10.5. The minimum Gasteiger partial charge on any atom is -0.381 e. The number of halogens is 2. The Balaban J connectivity index is 0.000000810. The maximum absolute atomic E-state index is 10.5. The molecule has 0 bridgehead atoms. The van der Waals surface area contributed by atoms with E-state index in [1.165, 1.54) is 0 Å². The van der Waals surface area contributed by atoms with Gasteiger partial charge in [0, 0.05) is 0 Å². The zero-order valence-corrected chi connectivity index (χ0v) is 8.19. The van der Waals surface area contributed by atoms with E-state index in [1.54, 1.807) is 0 Å². The first-order chi connectivity index (χ1) is 4.25. The van der Waals surface area contributed by atoms with Gasteiger partial charge in [-0.3, -0.25) is 4.79 Å². The van der Waals surface area contributed by atoms with Crippen LogP contribution in [0.1, 0.15) is 5.76 Å². The molecule has 1 heterocycles. The molecule has 0 atom stereocenters. The molecular weight excluding hydrogens is 268 g/mol. The molecule has 0 saturated heterocycles. The lowest BCUT2D eigenvalue weighted by atomic mass is 10.5. The van der Waals surface area contributed by atoms with E-state index in [4.69, 9.17) is 5.73 Å². The molecule has 0 aliphatic heterocycles. The second-order valence-electron chi connectivity index (χ2n) is 1.47. The van der Waals surface area contributed by atoms with Gasteiger partial charge in [0.15, 0.2) is 5.76 Å². The molecule has 0 amide bonds. The molecule has 0 unspecified atom stereocenters. The Morgan fingerprint density at radius 3 is 2.50 bits per heavy atom. The molecular formula is C4H6Br2N2O2. The van der Waals surface area contributed by atoms with Gasteiger partial charge >= 0.3 is 0 Å². The quantitative estimate of drug-likeness (QED) is 0.794. The van der Waals surface area contributed by atoms with Crippen molar-refractivity contribution in [2.45, 2.75) is 6.54 Å². The van der Waals surface area contributed by atoms with E-state index in [0.29, 0.717) is 10.2 Å². The molecule has 0 spiro atoms. The number of aromatic nitrogens is 1. The molecule has 0 radical (unpaired) electrons. The highest BCUT2D eigenvalue weighted by Crippen LogP contribution is 2.08. The van der Waals surface area contributed by atoms with Gasteiger partial charge in [-0.2, -0.15) is 5.16 Å². The molecule has 0 aromatic carbocycles. The van der Waals surface area contributed by atoms with E-state index >= 15 is 0 Å². The van der Waals surface area contributed by atoms with E-state index in [9.17, 15) is 4.79 Å². The van der Waals surface area contributed by atoms with Crippen molar-refractivity contribution in [2.75, 3.05) is 0 Å². The predicted octanol–water partition coefficient (Wildman–Crippen LogP) is 0.767. The van der Waals surface area contributed by atoms with Crippen molar-refractivity contribution in [3.8, 4) is 0 Å². The molecule has 3 N–H and O–H groups in total. The van der Waals surface area contributed by atoms with Crippen molar-refractivity contribution in [1.29, 1.82) is 0 Å². The lowest BCUT2D eigenvalue weighted by molar-refractivity contribution is 0.379. The van der Waals surface area contributed by atoms with Crippen molar-refractivity contribution in [3.05, 3.63) is 20.6 Å². The molecule has 10 heavy (non-hydrogen) atoms. The number of nitrogens with two attached hydrogens (primary N) is 1. The Morgan fingerprint density at radius 1 is 1.70 bits per heavy atom. The molecule has 0 aliphatic rings. The van der Waals surface area contributed by atoms with E-state index in [1.807, 2.05) is 0 Å². The van der Waals surface area contributed by atoms with Crippen molar-refractivity contribution >= 4 is 32.9 Å². The summed E-state index contributed by atoms with van der Waals surface area (Å²) in [6, 6.07) is 0. The number of hydrogen-bond acceptors (Lipinski definition) is 3. The molecule has 58 valence electrons. The van der Waals surface area contributed by atoms with Crippen LogP contribution in [0.2, 0.25) is 0 Å². The standard InChI is InChI=1S/C4H5BrN2O2.BrH/c5-3-2(1-6)9-7-4(3)8;/h1,6H2,(H,7,8);1H. The number of H-pyrrole nitrogens is 1. The van der Waals surface area contributed by atoms with Crippen LogP contribution in [-0.4, -0.2) is 5.16 Å². The smallest absolute Gasteiger partial charge is 0.294 e. The topological polar surface area (TPSA) is 72.0 Å². The summed E-state index contributed by atoms with van der Waals surface area (Å²) in [5, 5.41) is 2.13.